The van der Waals surface area contributed by atoms with Crippen molar-refractivity contribution >= 4 is 17.7 Å². The number of carbonyl (C=O) groups is 2. The topological polar surface area (TPSA) is 120 Å². The summed E-state index contributed by atoms with van der Waals surface area (Å²) in [5.74, 6) is -0.808. The molecule has 1 saturated heterocycles. The molecule has 1 aromatic heterocycles. The number of nitrogens with one attached hydrogen (secondary N) is 1. The van der Waals surface area contributed by atoms with Crippen molar-refractivity contribution in [3.05, 3.63) is 94.5 Å². The third-order valence-electron chi connectivity index (χ3n) is 5.01. The van der Waals surface area contributed by atoms with Crippen molar-refractivity contribution in [2.24, 2.45) is 0 Å². The summed E-state index contributed by atoms with van der Waals surface area (Å²) in [4.78, 5) is 40.6. The van der Waals surface area contributed by atoms with Gasteiger partial charge in [-0.2, -0.15) is 4.98 Å². The lowest BCUT2D eigenvalue weighted by Crippen LogP contribution is -2.29. The molecule has 9 nitrogen and oxygen atoms in total. The average Bonchev–Trinajstić information content (AvgIpc) is 3.18. The molecule has 1 amide bonds. The van der Waals surface area contributed by atoms with Crippen molar-refractivity contribution in [3.8, 4) is 0 Å². The number of carbonyl (C=O) groups excluding carboxylic acids is 2. The van der Waals surface area contributed by atoms with Gasteiger partial charge in [-0.05, 0) is 30.3 Å². The highest BCUT2D eigenvalue weighted by Crippen LogP contribution is 2.28. The van der Waals surface area contributed by atoms with Crippen molar-refractivity contribution in [2.75, 3.05) is 11.9 Å². The van der Waals surface area contributed by atoms with Crippen LogP contribution in [0.4, 0.5) is 5.82 Å². The number of anilines is 1. The Bertz CT molecular complexity index is 1150. The second kappa shape index (κ2) is 9.54. The molecule has 3 atom stereocenters. The number of esters is 1. The Hall–Kier alpha value is -3.82. The molecule has 1 aliphatic heterocycles. The highest BCUT2D eigenvalue weighted by molar-refractivity contribution is 6.03. The molecule has 0 aliphatic carbocycles. The molecule has 164 valence electrons. The van der Waals surface area contributed by atoms with Crippen LogP contribution in [0.15, 0.2) is 77.7 Å². The van der Waals surface area contributed by atoms with E-state index >= 15 is 0 Å². The van der Waals surface area contributed by atoms with Crippen LogP contribution in [0.1, 0.15) is 33.4 Å². The van der Waals surface area contributed by atoms with Crippen LogP contribution in [0, 0.1) is 0 Å². The first-order valence-electron chi connectivity index (χ1n) is 10.0. The Morgan fingerprint density at radius 3 is 2.38 bits per heavy atom. The van der Waals surface area contributed by atoms with Crippen molar-refractivity contribution in [1.29, 1.82) is 0 Å². The van der Waals surface area contributed by atoms with Gasteiger partial charge in [-0.3, -0.25) is 9.36 Å². The molecule has 1 aliphatic rings. The van der Waals surface area contributed by atoms with Gasteiger partial charge in [0.25, 0.3) is 5.91 Å². The predicted molar refractivity (Wildman–Crippen MR) is 114 cm³/mol. The largest absolute Gasteiger partial charge is 0.459 e. The normalized spacial score (nSPS) is 20.0. The van der Waals surface area contributed by atoms with E-state index in [0.717, 1.165) is 0 Å². The van der Waals surface area contributed by atoms with Gasteiger partial charge in [0.05, 0.1) is 11.7 Å². The molecule has 0 unspecified atom stereocenters. The summed E-state index contributed by atoms with van der Waals surface area (Å²) in [6.45, 7) is -0.154. The van der Waals surface area contributed by atoms with E-state index in [1.54, 1.807) is 60.7 Å². The lowest BCUT2D eigenvalue weighted by atomic mass is 10.2. The smallest absolute Gasteiger partial charge is 0.351 e. The third-order valence-corrected chi connectivity index (χ3v) is 5.01. The molecule has 0 spiro atoms. The molecule has 0 saturated carbocycles. The van der Waals surface area contributed by atoms with E-state index in [2.05, 4.69) is 10.3 Å². The van der Waals surface area contributed by atoms with Gasteiger partial charge in [0.1, 0.15) is 24.8 Å². The van der Waals surface area contributed by atoms with E-state index in [0.29, 0.717) is 11.1 Å². The van der Waals surface area contributed by atoms with Crippen LogP contribution in [-0.2, 0) is 9.47 Å². The molecule has 4 rings (SSSR count). The van der Waals surface area contributed by atoms with Crippen LogP contribution in [-0.4, -0.2) is 45.3 Å². The number of benzene rings is 2. The van der Waals surface area contributed by atoms with E-state index < -0.39 is 30.1 Å². The van der Waals surface area contributed by atoms with Crippen LogP contribution in [0.2, 0.25) is 0 Å². The summed E-state index contributed by atoms with van der Waals surface area (Å²) in [6.07, 6.45) is -0.912. The molecule has 3 aromatic rings. The summed E-state index contributed by atoms with van der Waals surface area (Å²) < 4.78 is 12.2. The van der Waals surface area contributed by atoms with Gasteiger partial charge in [0.2, 0.25) is 0 Å². The lowest BCUT2D eigenvalue weighted by molar-refractivity contribution is -0.0531. The Morgan fingerprint density at radius 2 is 1.72 bits per heavy atom. The number of amides is 1. The van der Waals surface area contributed by atoms with Gasteiger partial charge >= 0.3 is 11.7 Å². The first-order chi connectivity index (χ1) is 15.5. The quantitative estimate of drug-likeness (QED) is 0.568. The first-order valence-corrected chi connectivity index (χ1v) is 10.0. The van der Waals surface area contributed by atoms with E-state index in [9.17, 15) is 19.5 Å². The van der Waals surface area contributed by atoms with Crippen molar-refractivity contribution in [3.63, 3.8) is 0 Å². The van der Waals surface area contributed by atoms with Gasteiger partial charge in [-0.25, -0.2) is 9.59 Å². The maximum Gasteiger partial charge on any atom is 0.351 e. The highest BCUT2D eigenvalue weighted by atomic mass is 16.6. The Kier molecular flexibility index (Phi) is 6.39. The van der Waals surface area contributed by atoms with Gasteiger partial charge in [0, 0.05) is 18.2 Å². The van der Waals surface area contributed by atoms with Gasteiger partial charge in [0.15, 0.2) is 0 Å². The monoisotopic (exact) mass is 435 g/mol. The molecule has 1 fully saturated rings. The summed E-state index contributed by atoms with van der Waals surface area (Å²) in [7, 11) is 0. The van der Waals surface area contributed by atoms with Crippen LogP contribution in [0.3, 0.4) is 0 Å². The number of hydrogen-bond acceptors (Lipinski definition) is 7. The van der Waals surface area contributed by atoms with Crippen molar-refractivity contribution < 1.29 is 24.2 Å². The second-order valence-corrected chi connectivity index (χ2v) is 7.22. The molecule has 2 aromatic carbocycles. The van der Waals surface area contributed by atoms with Crippen LogP contribution in [0.5, 0.6) is 0 Å². The van der Waals surface area contributed by atoms with Gasteiger partial charge < -0.3 is 19.9 Å². The number of nitrogens with zero attached hydrogens (tertiary/aromatic N) is 2. The first kappa shape index (κ1) is 21.4. The number of ether oxygens (including phenoxy) is 2. The maximum atomic E-state index is 12.5. The number of aliphatic hydroxyl groups is 1. The van der Waals surface area contributed by atoms with E-state index in [1.807, 2.05) is 0 Å². The summed E-state index contributed by atoms with van der Waals surface area (Å²) in [6, 6.07) is 18.5. The Labute approximate surface area is 183 Å². The molecule has 32 heavy (non-hydrogen) atoms. The fourth-order valence-electron chi connectivity index (χ4n) is 3.33. The lowest BCUT2D eigenvalue weighted by Gasteiger charge is -2.16. The molecular weight excluding hydrogens is 414 g/mol. The van der Waals surface area contributed by atoms with Crippen LogP contribution >= 0.6 is 0 Å². The molecule has 2 heterocycles. The summed E-state index contributed by atoms with van der Waals surface area (Å²) in [5.41, 5.74) is 0.189. The average molecular weight is 435 g/mol. The highest BCUT2D eigenvalue weighted by Gasteiger charge is 2.36. The Balaban J connectivity index is 1.37. The number of hydrogen-bond donors (Lipinski definition) is 2. The fraction of sp³-hybridized carbons (Fsp3) is 0.217. The van der Waals surface area contributed by atoms with E-state index in [1.165, 1.54) is 16.8 Å². The third kappa shape index (κ3) is 4.90. The predicted octanol–water partition coefficient (Wildman–Crippen LogP) is 2.00. The molecule has 0 radical (unpaired) electrons. The molecular formula is C23H21N3O6. The zero-order chi connectivity index (χ0) is 22.5. The Morgan fingerprint density at radius 1 is 1.06 bits per heavy atom. The minimum absolute atomic E-state index is 0.104. The SMILES string of the molecule is O=C(Nc1ccn([C@@H]2C[C@@H](O)[C@@H](COC(=O)c3ccccc3)O2)c(=O)n1)c1ccccc1. The second-order valence-electron chi connectivity index (χ2n) is 7.22. The van der Waals surface area contributed by atoms with Gasteiger partial charge in [-0.15, -0.1) is 0 Å². The van der Waals surface area contributed by atoms with Crippen molar-refractivity contribution in [2.45, 2.75) is 24.9 Å². The zero-order valence-electron chi connectivity index (χ0n) is 17.0. The van der Waals surface area contributed by atoms with Crippen molar-refractivity contribution in [1.82, 2.24) is 9.55 Å². The minimum atomic E-state index is -0.923. The summed E-state index contributed by atoms with van der Waals surface area (Å²) >= 11 is 0. The minimum Gasteiger partial charge on any atom is -0.459 e. The van der Waals surface area contributed by atoms with Crippen LogP contribution in [0.25, 0.3) is 0 Å². The number of aliphatic hydroxyl groups excluding tert-OH is 1. The number of rotatable bonds is 6. The summed E-state index contributed by atoms with van der Waals surface area (Å²) in [5, 5.41) is 12.9. The molecule has 2 N–H and O–H groups in total. The fourth-order valence-corrected chi connectivity index (χ4v) is 3.33. The molecule has 9 heteroatoms. The van der Waals surface area contributed by atoms with E-state index in [4.69, 9.17) is 9.47 Å². The number of aromatic nitrogens is 2. The van der Waals surface area contributed by atoms with Gasteiger partial charge in [-0.1, -0.05) is 36.4 Å². The van der Waals surface area contributed by atoms with E-state index in [-0.39, 0.29) is 24.8 Å². The standard InChI is InChI=1S/C23H21N3O6/c27-17-13-20(32-18(17)14-31-22(29)16-9-5-2-6-10-16)26-12-11-19(25-23(26)30)24-21(28)15-7-3-1-4-8-15/h1-12,17-18,20,27H,13-14H2,(H,24,25,28,30)/t17-,18-,20+/m1/s1. The van der Waals surface area contributed by atoms with Crippen LogP contribution < -0.4 is 11.0 Å². The molecule has 0 bridgehead atoms. The maximum absolute atomic E-state index is 12.5. The zero-order valence-corrected chi connectivity index (χ0v) is 17.0.